The van der Waals surface area contributed by atoms with Gasteiger partial charge in [-0.25, -0.2) is 0 Å². The third kappa shape index (κ3) is 4.60. The molecule has 21 heavy (non-hydrogen) atoms. The molecule has 0 saturated heterocycles. The van der Waals surface area contributed by atoms with E-state index in [0.29, 0.717) is 43.5 Å². The average molecular weight is 294 g/mol. The van der Waals surface area contributed by atoms with Crippen LogP contribution in [0.4, 0.5) is 0 Å². The highest BCUT2D eigenvalue weighted by atomic mass is 16.5. The Hall–Kier alpha value is -1.82. The van der Waals surface area contributed by atoms with E-state index in [4.69, 9.17) is 9.15 Å². The lowest BCUT2D eigenvalue weighted by atomic mass is 10.2. The molecule has 1 fully saturated rings. The van der Waals surface area contributed by atoms with Crippen molar-refractivity contribution < 1.29 is 18.7 Å². The summed E-state index contributed by atoms with van der Waals surface area (Å²) in [6, 6.07) is 2.00. The van der Waals surface area contributed by atoms with Crippen LogP contribution in [-0.4, -0.2) is 49.6 Å². The standard InChI is InChI=1S/C15H22N2O4/c1-11-13(6-9-21-11)15(19)17(8-10-20-2)7-5-14(18)16-12-3-4-12/h6,9,12H,3-5,7-8,10H2,1-2H3,(H,16,18). The Kier molecular flexibility index (Phi) is 5.38. The smallest absolute Gasteiger partial charge is 0.257 e. The second-order valence-corrected chi connectivity index (χ2v) is 5.27. The van der Waals surface area contributed by atoms with Gasteiger partial charge in [0.05, 0.1) is 18.4 Å². The van der Waals surface area contributed by atoms with Crippen molar-refractivity contribution in [1.29, 1.82) is 0 Å². The van der Waals surface area contributed by atoms with Crippen LogP contribution in [0.2, 0.25) is 0 Å². The van der Waals surface area contributed by atoms with Crippen molar-refractivity contribution >= 4 is 11.8 Å². The number of nitrogens with one attached hydrogen (secondary N) is 1. The van der Waals surface area contributed by atoms with E-state index < -0.39 is 0 Å². The molecule has 2 amide bonds. The van der Waals surface area contributed by atoms with Gasteiger partial charge in [-0.15, -0.1) is 0 Å². The van der Waals surface area contributed by atoms with E-state index in [0.717, 1.165) is 12.8 Å². The molecule has 1 heterocycles. The largest absolute Gasteiger partial charge is 0.469 e. The fourth-order valence-electron chi connectivity index (χ4n) is 2.06. The van der Waals surface area contributed by atoms with Crippen LogP contribution in [0.5, 0.6) is 0 Å². The molecule has 1 aromatic rings. The minimum absolute atomic E-state index is 0.00312. The summed E-state index contributed by atoms with van der Waals surface area (Å²) in [5.74, 6) is 0.457. The summed E-state index contributed by atoms with van der Waals surface area (Å²) in [4.78, 5) is 25.8. The third-order valence-corrected chi connectivity index (χ3v) is 3.49. The highest BCUT2D eigenvalue weighted by molar-refractivity contribution is 5.95. The van der Waals surface area contributed by atoms with Gasteiger partial charge in [0.1, 0.15) is 5.76 Å². The molecule has 0 radical (unpaired) electrons. The minimum Gasteiger partial charge on any atom is -0.469 e. The van der Waals surface area contributed by atoms with Gasteiger partial charge in [0.2, 0.25) is 5.91 Å². The number of ether oxygens (including phenoxy) is 1. The van der Waals surface area contributed by atoms with Gasteiger partial charge in [0, 0.05) is 32.7 Å². The molecule has 2 rings (SSSR count). The van der Waals surface area contributed by atoms with Crippen molar-refractivity contribution in [3.05, 3.63) is 23.7 Å². The van der Waals surface area contributed by atoms with Crippen LogP contribution in [0, 0.1) is 6.92 Å². The summed E-state index contributed by atoms with van der Waals surface area (Å²) in [5.41, 5.74) is 0.536. The Morgan fingerprint density at radius 3 is 2.76 bits per heavy atom. The number of rotatable bonds is 8. The molecule has 116 valence electrons. The van der Waals surface area contributed by atoms with E-state index in [9.17, 15) is 9.59 Å². The van der Waals surface area contributed by atoms with Crippen LogP contribution in [0.25, 0.3) is 0 Å². The minimum atomic E-state index is -0.127. The van der Waals surface area contributed by atoms with Gasteiger partial charge >= 0.3 is 0 Å². The number of hydrogen-bond acceptors (Lipinski definition) is 4. The highest BCUT2D eigenvalue weighted by Gasteiger charge is 2.24. The molecule has 1 saturated carbocycles. The maximum Gasteiger partial charge on any atom is 0.257 e. The summed E-state index contributed by atoms with van der Waals surface area (Å²) in [7, 11) is 1.59. The Balaban J connectivity index is 1.91. The Morgan fingerprint density at radius 2 is 2.19 bits per heavy atom. The van der Waals surface area contributed by atoms with Crippen LogP contribution in [0.1, 0.15) is 35.4 Å². The molecule has 0 aromatic carbocycles. The number of aryl methyl sites for hydroxylation is 1. The van der Waals surface area contributed by atoms with Crippen molar-refractivity contribution in [2.24, 2.45) is 0 Å². The fourth-order valence-corrected chi connectivity index (χ4v) is 2.06. The SMILES string of the molecule is COCCN(CCC(=O)NC1CC1)C(=O)c1ccoc1C. The van der Waals surface area contributed by atoms with Crippen LogP contribution in [-0.2, 0) is 9.53 Å². The van der Waals surface area contributed by atoms with E-state index >= 15 is 0 Å². The van der Waals surface area contributed by atoms with Crippen LogP contribution in [0.3, 0.4) is 0 Å². The molecule has 0 spiro atoms. The van der Waals surface area contributed by atoms with Crippen LogP contribution in [0.15, 0.2) is 16.7 Å². The summed E-state index contributed by atoms with van der Waals surface area (Å²) in [6.07, 6.45) is 3.93. The quantitative estimate of drug-likeness (QED) is 0.785. The summed E-state index contributed by atoms with van der Waals surface area (Å²) >= 11 is 0. The average Bonchev–Trinajstić information content (AvgIpc) is 3.17. The topological polar surface area (TPSA) is 71.8 Å². The maximum atomic E-state index is 12.5. The van der Waals surface area contributed by atoms with E-state index in [1.54, 1.807) is 25.0 Å². The first-order valence-corrected chi connectivity index (χ1v) is 7.23. The molecule has 6 nitrogen and oxygen atoms in total. The fraction of sp³-hybridized carbons (Fsp3) is 0.600. The molecular formula is C15H22N2O4. The number of furan rings is 1. The number of nitrogens with zero attached hydrogens (tertiary/aromatic N) is 1. The number of carbonyl (C=O) groups excluding carboxylic acids is 2. The maximum absolute atomic E-state index is 12.5. The zero-order valence-electron chi connectivity index (χ0n) is 12.6. The molecule has 0 aliphatic heterocycles. The van der Waals surface area contributed by atoms with E-state index in [1.807, 2.05) is 0 Å². The second-order valence-electron chi connectivity index (χ2n) is 5.27. The van der Waals surface area contributed by atoms with Gasteiger partial charge < -0.3 is 19.4 Å². The van der Waals surface area contributed by atoms with E-state index in [-0.39, 0.29) is 11.8 Å². The van der Waals surface area contributed by atoms with Crippen LogP contribution >= 0.6 is 0 Å². The highest BCUT2D eigenvalue weighted by Crippen LogP contribution is 2.18. The summed E-state index contributed by atoms with van der Waals surface area (Å²) < 4.78 is 10.2. The molecule has 1 N–H and O–H groups in total. The van der Waals surface area contributed by atoms with Gasteiger partial charge in [0.25, 0.3) is 5.91 Å². The van der Waals surface area contributed by atoms with Crippen molar-refractivity contribution in [3.63, 3.8) is 0 Å². The lowest BCUT2D eigenvalue weighted by molar-refractivity contribution is -0.121. The first-order chi connectivity index (χ1) is 10.1. The second kappa shape index (κ2) is 7.26. The first-order valence-electron chi connectivity index (χ1n) is 7.23. The van der Waals surface area contributed by atoms with Crippen molar-refractivity contribution in [2.45, 2.75) is 32.2 Å². The molecule has 1 aliphatic carbocycles. The van der Waals surface area contributed by atoms with E-state index in [1.165, 1.54) is 6.26 Å². The molecule has 1 aromatic heterocycles. The predicted octanol–water partition coefficient (Wildman–Crippen LogP) is 1.35. The number of carbonyl (C=O) groups is 2. The zero-order valence-corrected chi connectivity index (χ0v) is 12.6. The monoisotopic (exact) mass is 294 g/mol. The number of methoxy groups -OCH3 is 1. The molecule has 0 bridgehead atoms. The first kappa shape index (κ1) is 15.6. The number of hydrogen-bond donors (Lipinski definition) is 1. The van der Waals surface area contributed by atoms with Gasteiger partial charge in [-0.05, 0) is 25.8 Å². The molecule has 0 unspecified atom stereocenters. The lowest BCUT2D eigenvalue weighted by Crippen LogP contribution is -2.37. The van der Waals surface area contributed by atoms with Gasteiger partial charge in [0.15, 0.2) is 0 Å². The summed E-state index contributed by atoms with van der Waals surface area (Å²) in [5, 5.41) is 2.92. The van der Waals surface area contributed by atoms with Crippen molar-refractivity contribution in [1.82, 2.24) is 10.2 Å². The van der Waals surface area contributed by atoms with Gasteiger partial charge in [-0.1, -0.05) is 0 Å². The third-order valence-electron chi connectivity index (χ3n) is 3.49. The Bertz CT molecular complexity index is 494. The molecular weight excluding hydrogens is 272 g/mol. The zero-order chi connectivity index (χ0) is 15.2. The van der Waals surface area contributed by atoms with Gasteiger partial charge in [-0.2, -0.15) is 0 Å². The van der Waals surface area contributed by atoms with Crippen molar-refractivity contribution in [3.8, 4) is 0 Å². The van der Waals surface area contributed by atoms with Gasteiger partial charge in [-0.3, -0.25) is 9.59 Å². The van der Waals surface area contributed by atoms with E-state index in [2.05, 4.69) is 5.32 Å². The lowest BCUT2D eigenvalue weighted by Gasteiger charge is -2.22. The molecule has 6 heteroatoms. The predicted molar refractivity (Wildman–Crippen MR) is 77.0 cm³/mol. The molecule has 1 aliphatic rings. The summed E-state index contributed by atoms with van der Waals surface area (Å²) in [6.45, 7) is 3.02. The normalized spacial score (nSPS) is 14.0. The number of amides is 2. The Labute approximate surface area is 124 Å². The van der Waals surface area contributed by atoms with Crippen molar-refractivity contribution in [2.75, 3.05) is 26.8 Å². The van der Waals surface area contributed by atoms with Crippen LogP contribution < -0.4 is 5.32 Å². The molecule has 0 atom stereocenters. The Morgan fingerprint density at radius 1 is 1.43 bits per heavy atom.